The van der Waals surface area contributed by atoms with E-state index in [4.69, 9.17) is 10.2 Å². The second-order valence-corrected chi connectivity index (χ2v) is 33.4. The van der Waals surface area contributed by atoms with Crippen LogP contribution in [0.3, 0.4) is 0 Å². The number of nitrogens with zero attached hydrogens (tertiary/aromatic N) is 3. The number of anilines is 5. The van der Waals surface area contributed by atoms with E-state index in [-0.39, 0.29) is 107 Å². The molecule has 7 aliphatic rings. The molecule has 0 saturated heterocycles. The highest BCUT2D eigenvalue weighted by molar-refractivity contribution is 7.03. The van der Waals surface area contributed by atoms with E-state index >= 15 is 0 Å². The average molecular weight is 1420 g/mol. The molecule has 528 valence electrons. The van der Waals surface area contributed by atoms with Crippen LogP contribution >= 0.6 is 0 Å². The molecular formula is C102H93B2N3O. The van der Waals surface area contributed by atoms with Crippen molar-refractivity contribution in [1.29, 1.82) is 0 Å². The molecule has 6 heteroatoms. The van der Waals surface area contributed by atoms with E-state index in [1.807, 2.05) is 60.7 Å². The Labute approximate surface area is 671 Å². The van der Waals surface area contributed by atoms with Crippen LogP contribution in [0.25, 0.3) is 83.1 Å². The Bertz CT molecular complexity index is 7230. The van der Waals surface area contributed by atoms with Crippen molar-refractivity contribution in [3.05, 3.63) is 301 Å². The highest BCUT2D eigenvalue weighted by atomic mass is 16.5. The van der Waals surface area contributed by atoms with Crippen molar-refractivity contribution in [2.45, 2.75) is 131 Å². The molecule has 0 bridgehead atoms. The number of aromatic nitrogens is 1. The van der Waals surface area contributed by atoms with Gasteiger partial charge < -0.3 is 19.1 Å². The number of fused-ring (bicyclic) bond motifs is 12. The van der Waals surface area contributed by atoms with E-state index in [1.54, 1.807) is 34.9 Å². The Balaban J connectivity index is 1.08. The number of hydrogen-bond acceptors (Lipinski definition) is 3. The van der Waals surface area contributed by atoms with Gasteiger partial charge in [-0.25, -0.2) is 0 Å². The first kappa shape index (κ1) is 46.4. The molecule has 0 amide bonds. The third kappa shape index (κ3) is 10.7. The average Bonchev–Trinajstić information content (AvgIpc) is 1.60. The number of rotatable bonds is 9. The summed E-state index contributed by atoms with van der Waals surface area (Å²) in [7, 11) is 0. The zero-order valence-electron chi connectivity index (χ0n) is 85.1. The van der Waals surface area contributed by atoms with Crippen molar-refractivity contribution < 1.29 is 36.3 Å². The van der Waals surface area contributed by atoms with Crippen molar-refractivity contribution in [2.75, 3.05) is 9.80 Å². The van der Waals surface area contributed by atoms with Crippen LogP contribution in [0.4, 0.5) is 28.4 Å². The summed E-state index contributed by atoms with van der Waals surface area (Å²) in [5, 5.41) is -0.0503. The fourth-order valence-electron chi connectivity index (χ4n) is 18.5. The van der Waals surface area contributed by atoms with E-state index in [9.17, 15) is 26.0 Å². The summed E-state index contributed by atoms with van der Waals surface area (Å²) in [6.45, 7) is 16.1. The molecule has 4 unspecified atom stereocenters. The molecular weight excluding hydrogens is 1300 g/mol. The van der Waals surface area contributed by atoms with Crippen LogP contribution in [0.5, 0.6) is 11.5 Å². The molecule has 0 N–H and O–H groups in total. The SMILES string of the molecule is [2H]c1c([2H])c([2H])c(-c2c([2H])c([2H])c3c(c2[2H])Oc2c4c(c([2H])c5c2B3c2c([2H])c([2H])c(-c3ccccc3)c3c6c([2H])c([2H])c([2H])c([2H])c6n-5c23)N(c2c(-c3ccccc3)cc(C(C)(C)C)cc2-c2ccccc2)c2cc(C(C)(C)C)cc3c2B4c2c([2H])c([2H])c(-c4c([2H])c([2H])c([2H])c([2H])c4[2H])c([2H])c2N3C2C(C3CC=CCC3)=CC(C(C)(C)C)CC2C2=CCCCC2)c([2H])c1[2H]. The number of allylic oxidation sites excluding steroid dienone is 4. The predicted molar refractivity (Wildman–Crippen MR) is 460 cm³/mol. The Kier molecular flexibility index (Phi) is 10.9. The summed E-state index contributed by atoms with van der Waals surface area (Å²) < 4.78 is 245. The first-order valence-corrected chi connectivity index (χ1v) is 38.2. The normalized spacial score (nSPS) is 21.4. The zero-order chi connectivity index (χ0) is 93.1. The summed E-state index contributed by atoms with van der Waals surface area (Å²) in [6.07, 6.45) is 15.3. The van der Waals surface area contributed by atoms with Gasteiger partial charge in [-0.1, -0.05) is 298 Å². The molecule has 3 aliphatic carbocycles. The lowest BCUT2D eigenvalue weighted by atomic mass is 9.30. The first-order chi connectivity index (χ1) is 62.1. The van der Waals surface area contributed by atoms with Gasteiger partial charge >= 0.3 is 0 Å². The molecule has 0 radical (unpaired) electrons. The fourth-order valence-corrected chi connectivity index (χ4v) is 18.5. The van der Waals surface area contributed by atoms with Crippen LogP contribution in [-0.4, -0.2) is 24.0 Å². The van der Waals surface area contributed by atoms with Gasteiger partial charge in [-0.3, -0.25) is 0 Å². The quantitative estimate of drug-likeness (QED) is 0.106. The van der Waals surface area contributed by atoms with Gasteiger partial charge in [0.2, 0.25) is 0 Å². The van der Waals surface area contributed by atoms with Crippen LogP contribution in [-0.2, 0) is 10.8 Å². The Morgan fingerprint density at radius 2 is 1.09 bits per heavy atom. The van der Waals surface area contributed by atoms with Crippen molar-refractivity contribution >= 4 is 96.4 Å². The Morgan fingerprint density at radius 1 is 0.491 bits per heavy atom. The standard InChI is InChI=1S/C102H93B2N3O/c1-100(2,3)73-57-78(67-39-23-13-24-40-67)96(79(58-73)68-41-25-14-26-42-68)106-86-55-71(64-33-17-10-18-34-64)49-52-82(86)104-93-87(106)61-75(102(7,8)9)62-88(93)107(97-80(69-43-27-15-28-44-69)59-74(101(4,5)6)60-81(97)70-45-29-16-30-46-70)90-63-89-94-99(95(90)104)108-91-56-72(65-35-19-11-20-36-65)50-53-83(91)103(94)84-54-51-76(66-37-21-12-22-38-66)92-77-47-31-32-48-85(77)105(89)98(84)92/h10-13,15-23,27-38,41,43-57,59-63,67,73,79,96H,14,24-26,39-40,42,58H2,1-9H3/i10D,11D,17D,18D,19D,20D,31D,32D,33D,34D,35D,36D,47D,48D,49D,50D,51D,52D,53D,54D,55D,56D,63D. The highest BCUT2D eigenvalue weighted by Crippen LogP contribution is 2.57. The summed E-state index contributed by atoms with van der Waals surface area (Å²) in [4.78, 5) is 4.28. The van der Waals surface area contributed by atoms with Crippen LogP contribution in [0.1, 0.15) is 156 Å². The predicted octanol–water partition coefficient (Wildman–Crippen LogP) is 23.2. The molecule has 0 spiro atoms. The van der Waals surface area contributed by atoms with Gasteiger partial charge in [0.15, 0.2) is 0 Å². The van der Waals surface area contributed by atoms with E-state index in [1.165, 1.54) is 5.57 Å². The van der Waals surface area contributed by atoms with Gasteiger partial charge in [-0.2, -0.15) is 0 Å². The summed E-state index contributed by atoms with van der Waals surface area (Å²) in [5.74, 6) is -1.30. The molecule has 1 aromatic heterocycles. The molecule has 12 aromatic carbocycles. The van der Waals surface area contributed by atoms with Crippen molar-refractivity contribution in [3.8, 4) is 72.8 Å². The second kappa shape index (κ2) is 25.4. The molecule has 4 nitrogen and oxygen atoms in total. The minimum absolute atomic E-state index is 0.000548. The van der Waals surface area contributed by atoms with Crippen molar-refractivity contribution in [1.82, 2.24) is 4.57 Å². The third-order valence-electron chi connectivity index (χ3n) is 23.9. The van der Waals surface area contributed by atoms with Gasteiger partial charge in [0, 0.05) is 61.8 Å². The monoisotopic (exact) mass is 1420 g/mol. The Hall–Kier alpha value is -10.8. The summed E-state index contributed by atoms with van der Waals surface area (Å²) in [5.41, 5.74) is 4.27. The molecule has 0 fully saturated rings. The lowest BCUT2D eigenvalue weighted by Crippen LogP contribution is -2.66. The molecule has 20 rings (SSSR count). The van der Waals surface area contributed by atoms with Crippen LogP contribution in [0.15, 0.2) is 290 Å². The third-order valence-corrected chi connectivity index (χ3v) is 23.9. The fraction of sp³-hybridized carbons (Fsp3) is 0.235. The van der Waals surface area contributed by atoms with E-state index in [2.05, 4.69) is 121 Å². The summed E-state index contributed by atoms with van der Waals surface area (Å²) >= 11 is 0. The van der Waals surface area contributed by atoms with Gasteiger partial charge in [-0.15, -0.1) is 0 Å². The largest absolute Gasteiger partial charge is 0.459 e. The van der Waals surface area contributed by atoms with Crippen molar-refractivity contribution in [3.63, 3.8) is 0 Å². The number of ether oxygens (including phenoxy) is 1. The zero-order valence-corrected chi connectivity index (χ0v) is 62.1. The van der Waals surface area contributed by atoms with Gasteiger partial charge in [0.25, 0.3) is 13.4 Å². The topological polar surface area (TPSA) is 20.6 Å². The van der Waals surface area contributed by atoms with Crippen LogP contribution < -0.4 is 47.3 Å². The number of benzene rings is 12. The maximum atomic E-state index is 12.5. The molecule has 13 aromatic rings. The van der Waals surface area contributed by atoms with Gasteiger partial charge in [-0.05, 0) is 222 Å². The van der Waals surface area contributed by atoms with E-state index < -0.39 is 191 Å². The Morgan fingerprint density at radius 3 is 1.72 bits per heavy atom. The maximum absolute atomic E-state index is 12.5. The lowest BCUT2D eigenvalue weighted by molar-refractivity contribution is 0.220. The van der Waals surface area contributed by atoms with Gasteiger partial charge in [0.1, 0.15) is 11.5 Å². The van der Waals surface area contributed by atoms with Gasteiger partial charge in [0.05, 0.1) is 48.8 Å². The molecule has 5 heterocycles. The number of hydrogen-bond donors (Lipinski definition) is 0. The number of para-hydroxylation sites is 1. The second-order valence-electron chi connectivity index (χ2n) is 33.4. The molecule has 108 heavy (non-hydrogen) atoms. The summed E-state index contributed by atoms with van der Waals surface area (Å²) in [6, 6.07) is 20.8. The smallest absolute Gasteiger partial charge is 0.256 e. The minimum Gasteiger partial charge on any atom is -0.459 e. The lowest BCUT2D eigenvalue weighted by Gasteiger charge is -2.53. The maximum Gasteiger partial charge on any atom is 0.256 e. The van der Waals surface area contributed by atoms with Crippen LogP contribution in [0.2, 0.25) is 0 Å². The minimum atomic E-state index is -1.76. The molecule has 0 saturated carbocycles. The van der Waals surface area contributed by atoms with E-state index in [0.29, 0.717) is 52.1 Å². The van der Waals surface area contributed by atoms with Crippen molar-refractivity contribution in [2.24, 2.45) is 23.2 Å². The molecule has 4 aliphatic heterocycles. The molecule has 4 atom stereocenters. The highest BCUT2D eigenvalue weighted by Gasteiger charge is 2.54. The van der Waals surface area contributed by atoms with E-state index in [0.717, 1.165) is 66.4 Å². The first-order valence-electron chi connectivity index (χ1n) is 49.7. The van der Waals surface area contributed by atoms with Crippen LogP contribution in [0, 0.1) is 23.2 Å².